The van der Waals surface area contributed by atoms with Crippen LogP contribution in [0.15, 0.2) is 29.4 Å². The Labute approximate surface area is 96.6 Å². The number of aliphatic hydroxyl groups excluding tert-OH is 2. The van der Waals surface area contributed by atoms with E-state index in [0.717, 1.165) is 0 Å². The van der Waals surface area contributed by atoms with Crippen LogP contribution in [0.5, 0.6) is 0 Å². The number of azide groups is 1. The summed E-state index contributed by atoms with van der Waals surface area (Å²) in [5.74, 6) is -1.21. The Morgan fingerprint density at radius 2 is 2.18 bits per heavy atom. The van der Waals surface area contributed by atoms with E-state index in [2.05, 4.69) is 10.0 Å². The van der Waals surface area contributed by atoms with E-state index >= 15 is 0 Å². The minimum atomic E-state index is -1.41. The first-order valence-electron chi connectivity index (χ1n) is 4.77. The monoisotopic (exact) mass is 237 g/mol. The van der Waals surface area contributed by atoms with Crippen LogP contribution in [0.25, 0.3) is 10.4 Å². The molecule has 0 spiro atoms. The maximum Gasteiger partial charge on any atom is 0.306 e. The average molecular weight is 237 g/mol. The first-order chi connectivity index (χ1) is 8.04. The van der Waals surface area contributed by atoms with Gasteiger partial charge in [0.05, 0.1) is 12.5 Å². The summed E-state index contributed by atoms with van der Waals surface area (Å²) in [4.78, 5) is 13.0. The number of aliphatic hydroxyl groups is 2. The zero-order chi connectivity index (χ0) is 12.8. The number of hydrogen-bond donors (Lipinski definition) is 3. The Kier molecular flexibility index (Phi) is 4.47. The highest BCUT2D eigenvalue weighted by Gasteiger charge is 2.21. The second-order valence-electron chi connectivity index (χ2n) is 3.39. The molecule has 1 rings (SSSR count). The highest BCUT2D eigenvalue weighted by atomic mass is 16.4. The van der Waals surface area contributed by atoms with Crippen LogP contribution in [0.1, 0.15) is 18.1 Å². The van der Waals surface area contributed by atoms with Gasteiger partial charge in [-0.25, -0.2) is 0 Å². The summed E-state index contributed by atoms with van der Waals surface area (Å²) >= 11 is 0. The van der Waals surface area contributed by atoms with Crippen molar-refractivity contribution in [2.75, 3.05) is 0 Å². The zero-order valence-corrected chi connectivity index (χ0v) is 8.76. The predicted molar refractivity (Wildman–Crippen MR) is 58.5 cm³/mol. The number of nitrogens with zero attached hydrogens (tertiary/aromatic N) is 3. The lowest BCUT2D eigenvalue weighted by Gasteiger charge is -2.16. The third kappa shape index (κ3) is 3.76. The first kappa shape index (κ1) is 13.0. The van der Waals surface area contributed by atoms with Crippen LogP contribution in [-0.2, 0) is 4.79 Å². The van der Waals surface area contributed by atoms with Crippen LogP contribution in [0.4, 0.5) is 5.69 Å². The van der Waals surface area contributed by atoms with Crippen LogP contribution < -0.4 is 0 Å². The maximum absolute atomic E-state index is 10.4. The van der Waals surface area contributed by atoms with Gasteiger partial charge in [-0.3, -0.25) is 4.79 Å². The van der Waals surface area contributed by atoms with Gasteiger partial charge in [0.2, 0.25) is 0 Å². The summed E-state index contributed by atoms with van der Waals surface area (Å²) in [6, 6.07) is 5.96. The Hall–Kier alpha value is -2.08. The molecule has 0 saturated carbocycles. The fourth-order valence-corrected chi connectivity index (χ4v) is 1.34. The molecular formula is C10H11N3O4. The van der Waals surface area contributed by atoms with Gasteiger partial charge in [0.15, 0.2) is 0 Å². The molecule has 90 valence electrons. The molecule has 2 unspecified atom stereocenters. The number of aliphatic carboxylic acids is 1. The van der Waals surface area contributed by atoms with E-state index in [1.807, 2.05) is 0 Å². The molecule has 0 aliphatic heterocycles. The number of carbonyl (C=O) groups is 1. The molecule has 0 fully saturated rings. The van der Waals surface area contributed by atoms with Crippen LogP contribution in [-0.4, -0.2) is 27.4 Å². The van der Waals surface area contributed by atoms with E-state index in [1.165, 1.54) is 24.3 Å². The Morgan fingerprint density at radius 1 is 1.47 bits per heavy atom. The van der Waals surface area contributed by atoms with Crippen LogP contribution in [0, 0.1) is 0 Å². The van der Waals surface area contributed by atoms with E-state index in [1.54, 1.807) is 0 Å². The molecule has 1 aromatic carbocycles. The lowest BCUT2D eigenvalue weighted by molar-refractivity contribution is -0.141. The number of hydrogen-bond acceptors (Lipinski definition) is 4. The van der Waals surface area contributed by atoms with E-state index in [9.17, 15) is 15.0 Å². The molecule has 17 heavy (non-hydrogen) atoms. The van der Waals surface area contributed by atoms with E-state index < -0.39 is 24.6 Å². The van der Waals surface area contributed by atoms with Crippen molar-refractivity contribution in [1.82, 2.24) is 0 Å². The standard InChI is InChI=1S/C10H11N3O4/c11-13-12-7-3-1-2-6(4-7)10(17)8(14)5-9(15)16/h1-4,8,10,14,17H,5H2,(H,15,16). The molecule has 0 bridgehead atoms. The zero-order valence-electron chi connectivity index (χ0n) is 8.76. The largest absolute Gasteiger partial charge is 0.481 e. The van der Waals surface area contributed by atoms with E-state index in [-0.39, 0.29) is 5.69 Å². The van der Waals surface area contributed by atoms with Gasteiger partial charge in [0, 0.05) is 10.6 Å². The number of carboxylic acid groups (broad SMARTS) is 1. The predicted octanol–water partition coefficient (Wildman–Crippen LogP) is 1.50. The summed E-state index contributed by atoms with van der Waals surface area (Å²) < 4.78 is 0. The van der Waals surface area contributed by atoms with Gasteiger partial charge in [-0.05, 0) is 17.2 Å². The molecule has 0 heterocycles. The van der Waals surface area contributed by atoms with Crippen molar-refractivity contribution in [2.45, 2.75) is 18.6 Å². The molecule has 0 amide bonds. The second kappa shape index (κ2) is 5.86. The molecule has 3 N–H and O–H groups in total. The van der Waals surface area contributed by atoms with Crippen molar-refractivity contribution in [2.24, 2.45) is 5.11 Å². The van der Waals surface area contributed by atoms with Crippen LogP contribution in [0.2, 0.25) is 0 Å². The van der Waals surface area contributed by atoms with Crippen molar-refractivity contribution in [1.29, 1.82) is 0 Å². The molecule has 0 aliphatic rings. The topological polar surface area (TPSA) is 127 Å². The summed E-state index contributed by atoms with van der Waals surface area (Å²) in [5, 5.41) is 30.9. The molecule has 0 aromatic heterocycles. The van der Waals surface area contributed by atoms with Gasteiger partial charge < -0.3 is 15.3 Å². The van der Waals surface area contributed by atoms with Gasteiger partial charge in [-0.2, -0.15) is 0 Å². The molecule has 1 aromatic rings. The summed E-state index contributed by atoms with van der Waals surface area (Å²) in [7, 11) is 0. The SMILES string of the molecule is [N-]=[N+]=Nc1cccc(C(O)C(O)CC(=O)O)c1. The van der Waals surface area contributed by atoms with Crippen molar-refractivity contribution in [3.8, 4) is 0 Å². The maximum atomic E-state index is 10.4. The molecular weight excluding hydrogens is 226 g/mol. The molecule has 0 saturated heterocycles. The van der Waals surface area contributed by atoms with Crippen molar-refractivity contribution < 1.29 is 20.1 Å². The number of carboxylic acids is 1. The molecule has 7 heteroatoms. The highest BCUT2D eigenvalue weighted by Crippen LogP contribution is 2.23. The normalized spacial score (nSPS) is 13.5. The smallest absolute Gasteiger partial charge is 0.306 e. The molecule has 2 atom stereocenters. The van der Waals surface area contributed by atoms with Crippen molar-refractivity contribution in [3.05, 3.63) is 40.3 Å². The Morgan fingerprint density at radius 3 is 2.76 bits per heavy atom. The minimum absolute atomic E-state index is 0.284. The number of rotatable bonds is 5. The molecule has 0 aliphatic carbocycles. The summed E-state index contributed by atoms with van der Waals surface area (Å²) in [6.45, 7) is 0. The van der Waals surface area contributed by atoms with Gasteiger partial charge in [0.25, 0.3) is 0 Å². The Bertz CT molecular complexity index is 457. The molecule has 0 radical (unpaired) electrons. The van der Waals surface area contributed by atoms with E-state index in [4.69, 9.17) is 10.6 Å². The first-order valence-corrected chi connectivity index (χ1v) is 4.77. The summed E-state index contributed by atoms with van der Waals surface area (Å²) in [6.07, 6.45) is -3.30. The van der Waals surface area contributed by atoms with Gasteiger partial charge in [0.1, 0.15) is 6.10 Å². The molecule has 7 nitrogen and oxygen atoms in total. The van der Waals surface area contributed by atoms with Crippen molar-refractivity contribution >= 4 is 11.7 Å². The van der Waals surface area contributed by atoms with Crippen LogP contribution >= 0.6 is 0 Å². The van der Waals surface area contributed by atoms with Crippen LogP contribution in [0.3, 0.4) is 0 Å². The third-order valence-electron chi connectivity index (χ3n) is 2.12. The van der Waals surface area contributed by atoms with E-state index in [0.29, 0.717) is 5.56 Å². The quantitative estimate of drug-likeness (QED) is 0.407. The lowest BCUT2D eigenvalue weighted by Crippen LogP contribution is -2.21. The minimum Gasteiger partial charge on any atom is -0.481 e. The highest BCUT2D eigenvalue weighted by molar-refractivity contribution is 5.67. The summed E-state index contributed by atoms with van der Waals surface area (Å²) in [5.41, 5.74) is 8.82. The fourth-order valence-electron chi connectivity index (χ4n) is 1.34. The van der Waals surface area contributed by atoms with Gasteiger partial charge >= 0.3 is 5.97 Å². The Balaban J connectivity index is 2.87. The second-order valence-corrected chi connectivity index (χ2v) is 3.39. The average Bonchev–Trinajstić information content (AvgIpc) is 2.28. The van der Waals surface area contributed by atoms with Gasteiger partial charge in [-0.1, -0.05) is 23.3 Å². The van der Waals surface area contributed by atoms with Crippen molar-refractivity contribution in [3.63, 3.8) is 0 Å². The fraction of sp³-hybridized carbons (Fsp3) is 0.300. The third-order valence-corrected chi connectivity index (χ3v) is 2.12. The lowest BCUT2D eigenvalue weighted by atomic mass is 10.0. The van der Waals surface area contributed by atoms with Gasteiger partial charge in [-0.15, -0.1) is 0 Å². The number of benzene rings is 1.